The molecule has 10 heteroatoms. The Bertz CT molecular complexity index is 1130. The van der Waals surface area contributed by atoms with Gasteiger partial charge in [-0.1, -0.05) is 0 Å². The maximum absolute atomic E-state index is 12.8. The molecule has 0 radical (unpaired) electrons. The lowest BCUT2D eigenvalue weighted by Gasteiger charge is -2.34. The van der Waals surface area contributed by atoms with Gasteiger partial charge in [0.2, 0.25) is 0 Å². The van der Waals surface area contributed by atoms with Crippen molar-refractivity contribution < 1.29 is 9.53 Å². The van der Waals surface area contributed by atoms with E-state index in [1.54, 1.807) is 31.7 Å². The predicted molar refractivity (Wildman–Crippen MR) is 110 cm³/mol. The number of hydrogen-bond acceptors (Lipinski definition) is 6. The molecule has 3 heterocycles. The summed E-state index contributed by atoms with van der Waals surface area (Å²) in [6.45, 7) is 6.20. The highest BCUT2D eigenvalue weighted by molar-refractivity contribution is 9.10. The molecule has 9 nitrogen and oxygen atoms in total. The number of likely N-dealkylation sites (tertiary alicyclic amines) is 1. The molecule has 0 aliphatic carbocycles. The third-order valence-electron chi connectivity index (χ3n) is 4.82. The molecule has 2 aromatic heterocycles. The monoisotopic (exact) mass is 463 g/mol. The Morgan fingerprint density at radius 3 is 2.45 bits per heavy atom. The van der Waals surface area contributed by atoms with Crippen molar-refractivity contribution >= 4 is 33.2 Å². The summed E-state index contributed by atoms with van der Waals surface area (Å²) in [6, 6.07) is 3.30. The lowest BCUT2D eigenvalue weighted by molar-refractivity contribution is 0.0188. The predicted octanol–water partition coefficient (Wildman–Crippen LogP) is 2.30. The molecule has 154 valence electrons. The number of fused-ring (bicyclic) bond motifs is 1. The van der Waals surface area contributed by atoms with E-state index < -0.39 is 22.8 Å². The molecule has 0 spiro atoms. The van der Waals surface area contributed by atoms with Crippen LogP contribution in [0.15, 0.2) is 20.1 Å². The summed E-state index contributed by atoms with van der Waals surface area (Å²) in [5.41, 5.74) is -1.06. The third-order valence-corrected chi connectivity index (χ3v) is 5.42. The van der Waals surface area contributed by atoms with Crippen molar-refractivity contribution in [1.29, 1.82) is 5.26 Å². The van der Waals surface area contributed by atoms with Gasteiger partial charge in [0.05, 0.1) is 9.99 Å². The fraction of sp³-hybridized carbons (Fsp3) is 0.526. The van der Waals surface area contributed by atoms with E-state index in [1.807, 2.05) is 6.07 Å². The van der Waals surface area contributed by atoms with Crippen LogP contribution in [0.4, 0.5) is 4.79 Å². The molecule has 2 aromatic rings. The van der Waals surface area contributed by atoms with Gasteiger partial charge in [-0.3, -0.25) is 14.2 Å². The zero-order chi connectivity index (χ0) is 21.5. The minimum Gasteiger partial charge on any atom is -0.444 e. The molecule has 1 fully saturated rings. The Labute approximate surface area is 175 Å². The Hall–Kier alpha value is -2.67. The van der Waals surface area contributed by atoms with E-state index in [2.05, 4.69) is 20.9 Å². The molecule has 0 saturated carbocycles. The average Bonchev–Trinajstić information content (AvgIpc) is 2.65. The van der Waals surface area contributed by atoms with Crippen molar-refractivity contribution in [3.63, 3.8) is 0 Å². The third kappa shape index (κ3) is 4.05. The summed E-state index contributed by atoms with van der Waals surface area (Å²) in [7, 11) is 1.50. The number of nitriles is 1. The van der Waals surface area contributed by atoms with Gasteiger partial charge in [-0.25, -0.2) is 9.78 Å². The molecule has 29 heavy (non-hydrogen) atoms. The molecular weight excluding hydrogens is 442 g/mol. The van der Waals surface area contributed by atoms with Crippen molar-refractivity contribution in [3.8, 4) is 6.07 Å². The molecule has 1 amide bonds. The number of hydrogen-bond donors (Lipinski definition) is 0. The summed E-state index contributed by atoms with van der Waals surface area (Å²) in [4.78, 5) is 43.5. The quantitative estimate of drug-likeness (QED) is 0.599. The summed E-state index contributed by atoms with van der Waals surface area (Å²) < 4.78 is 8.46. The number of pyridine rings is 1. The van der Waals surface area contributed by atoms with Crippen LogP contribution in [0.25, 0.3) is 11.2 Å². The van der Waals surface area contributed by atoms with Crippen molar-refractivity contribution in [1.82, 2.24) is 19.0 Å². The highest BCUT2D eigenvalue weighted by Crippen LogP contribution is 2.26. The van der Waals surface area contributed by atoms with E-state index in [-0.39, 0.29) is 17.4 Å². The van der Waals surface area contributed by atoms with Crippen LogP contribution in [-0.4, -0.2) is 43.8 Å². The number of carbonyl (C=O) groups is 1. The molecule has 1 saturated heterocycles. The van der Waals surface area contributed by atoms with Crippen LogP contribution in [0.1, 0.15) is 45.3 Å². The molecule has 1 aliphatic heterocycles. The normalized spacial score (nSPS) is 15.4. The lowest BCUT2D eigenvalue weighted by atomic mass is 10.0. The van der Waals surface area contributed by atoms with Gasteiger partial charge in [0.15, 0.2) is 11.3 Å². The second-order valence-corrected chi connectivity index (χ2v) is 8.87. The number of ether oxygens (including phenoxy) is 1. The first-order chi connectivity index (χ1) is 13.5. The van der Waals surface area contributed by atoms with Crippen molar-refractivity contribution in [3.05, 3.63) is 36.9 Å². The van der Waals surface area contributed by atoms with Gasteiger partial charge in [-0.15, -0.1) is 0 Å². The fourth-order valence-corrected chi connectivity index (χ4v) is 3.79. The number of aromatic nitrogens is 3. The van der Waals surface area contributed by atoms with E-state index in [0.717, 1.165) is 0 Å². The number of rotatable bonds is 1. The minimum atomic E-state index is -0.686. The Morgan fingerprint density at radius 1 is 1.28 bits per heavy atom. The van der Waals surface area contributed by atoms with Crippen LogP contribution in [-0.2, 0) is 11.8 Å². The van der Waals surface area contributed by atoms with Crippen LogP contribution in [0.2, 0.25) is 0 Å². The summed E-state index contributed by atoms with van der Waals surface area (Å²) in [5.74, 6) is 0. The smallest absolute Gasteiger partial charge is 0.410 e. The molecule has 0 bridgehead atoms. The Kier molecular flexibility index (Phi) is 5.54. The first-order valence-corrected chi connectivity index (χ1v) is 10.0. The largest absolute Gasteiger partial charge is 0.444 e. The summed E-state index contributed by atoms with van der Waals surface area (Å²) in [5, 5.41) is 9.30. The SMILES string of the molecule is Cn1c(=O)c(=O)n(C2CCN(C(=O)OC(C)(C)C)CC2)c2nc(C#N)c(Br)cc21. The zero-order valence-electron chi connectivity index (χ0n) is 16.7. The van der Waals surface area contributed by atoms with E-state index in [4.69, 9.17) is 4.74 Å². The molecule has 3 rings (SSSR count). The first kappa shape index (κ1) is 21.0. The minimum absolute atomic E-state index is 0.135. The van der Waals surface area contributed by atoms with Crippen molar-refractivity contribution in [2.75, 3.05) is 13.1 Å². The number of aryl methyl sites for hydroxylation is 1. The van der Waals surface area contributed by atoms with Crippen LogP contribution in [0.5, 0.6) is 0 Å². The standard InChI is InChI=1S/C19H22BrN5O4/c1-19(2,3)29-18(28)24-7-5-11(6-8-24)25-15-14(23(4)16(26)17(25)27)9-12(20)13(10-21)22-15/h9,11H,5-8H2,1-4H3. The van der Waals surface area contributed by atoms with Crippen molar-refractivity contribution in [2.45, 2.75) is 45.3 Å². The second-order valence-electron chi connectivity index (χ2n) is 8.01. The van der Waals surface area contributed by atoms with Gasteiger partial charge in [0, 0.05) is 26.2 Å². The van der Waals surface area contributed by atoms with Gasteiger partial charge in [-0.2, -0.15) is 5.26 Å². The summed E-state index contributed by atoms with van der Waals surface area (Å²) in [6.07, 6.45) is 0.549. The van der Waals surface area contributed by atoms with Crippen LogP contribution in [0, 0.1) is 11.3 Å². The number of carbonyl (C=O) groups excluding carboxylic acids is 1. The topological polar surface area (TPSA) is 110 Å². The molecular formula is C19H22BrN5O4. The highest BCUT2D eigenvalue weighted by atomic mass is 79.9. The average molecular weight is 464 g/mol. The summed E-state index contributed by atoms with van der Waals surface area (Å²) >= 11 is 3.28. The van der Waals surface area contributed by atoms with E-state index in [9.17, 15) is 19.6 Å². The highest BCUT2D eigenvalue weighted by Gasteiger charge is 2.29. The van der Waals surface area contributed by atoms with Crippen LogP contribution < -0.4 is 11.1 Å². The van der Waals surface area contributed by atoms with Gasteiger partial charge in [0.25, 0.3) is 0 Å². The van der Waals surface area contributed by atoms with Gasteiger partial charge in [0.1, 0.15) is 11.7 Å². The molecule has 0 N–H and O–H groups in total. The maximum Gasteiger partial charge on any atom is 0.410 e. The molecule has 1 aliphatic rings. The number of halogens is 1. The van der Waals surface area contributed by atoms with Crippen LogP contribution >= 0.6 is 15.9 Å². The van der Waals surface area contributed by atoms with Gasteiger partial charge in [-0.05, 0) is 55.6 Å². The van der Waals surface area contributed by atoms with E-state index in [0.29, 0.717) is 35.9 Å². The fourth-order valence-electron chi connectivity index (χ4n) is 3.40. The van der Waals surface area contributed by atoms with Gasteiger partial charge < -0.3 is 14.2 Å². The Balaban J connectivity index is 1.99. The van der Waals surface area contributed by atoms with Gasteiger partial charge >= 0.3 is 17.2 Å². The number of amides is 1. The first-order valence-electron chi connectivity index (χ1n) is 9.23. The molecule has 0 unspecified atom stereocenters. The van der Waals surface area contributed by atoms with Crippen LogP contribution in [0.3, 0.4) is 0 Å². The van der Waals surface area contributed by atoms with Crippen molar-refractivity contribution in [2.24, 2.45) is 7.05 Å². The lowest BCUT2D eigenvalue weighted by Crippen LogP contribution is -2.46. The molecule has 0 aromatic carbocycles. The maximum atomic E-state index is 12.8. The number of piperidine rings is 1. The van der Waals surface area contributed by atoms with E-state index >= 15 is 0 Å². The second kappa shape index (κ2) is 7.63. The number of nitrogens with zero attached hydrogens (tertiary/aromatic N) is 5. The Morgan fingerprint density at radius 2 is 1.90 bits per heavy atom. The molecule has 0 atom stereocenters. The van der Waals surface area contributed by atoms with E-state index in [1.165, 1.54) is 16.2 Å². The zero-order valence-corrected chi connectivity index (χ0v) is 18.3.